The average Bonchev–Trinajstić information content (AvgIpc) is 3.65. The molecule has 3 aromatic carbocycles. The summed E-state index contributed by atoms with van der Waals surface area (Å²) in [7, 11) is 1.27. The summed E-state index contributed by atoms with van der Waals surface area (Å²) in [6.07, 6.45) is 1.97. The van der Waals surface area contributed by atoms with Gasteiger partial charge in [-0.05, 0) is 48.2 Å². The molecule has 9 nitrogen and oxygen atoms in total. The minimum atomic E-state index is -0.917. The Morgan fingerprint density at radius 2 is 1.93 bits per heavy atom. The van der Waals surface area contributed by atoms with Crippen LogP contribution in [0.2, 0.25) is 0 Å². The van der Waals surface area contributed by atoms with E-state index in [0.717, 1.165) is 6.07 Å². The lowest BCUT2D eigenvalue weighted by Gasteiger charge is -2.12. The fourth-order valence-corrected chi connectivity index (χ4v) is 4.81. The first-order chi connectivity index (χ1) is 20.7. The monoisotopic (exact) mass is 594 g/mol. The Kier molecular flexibility index (Phi) is 8.67. The number of aromatic amines is 1. The van der Waals surface area contributed by atoms with Gasteiger partial charge in [-0.25, -0.2) is 22.8 Å². The van der Waals surface area contributed by atoms with Crippen LogP contribution in [0.4, 0.5) is 13.2 Å². The third kappa shape index (κ3) is 6.05. The molecule has 224 valence electrons. The lowest BCUT2D eigenvalue weighted by Crippen LogP contribution is -2.08. The summed E-state index contributed by atoms with van der Waals surface area (Å²) < 4.78 is 57.0. The number of carbonyl (C=O) groups is 1. The number of nitrogens with one attached hydrogen (secondary N) is 1. The van der Waals surface area contributed by atoms with Gasteiger partial charge in [0.25, 0.3) is 0 Å². The molecule has 0 spiro atoms. The van der Waals surface area contributed by atoms with Gasteiger partial charge in [-0.3, -0.25) is 4.79 Å². The minimum Gasteiger partial charge on any atom is -0.507 e. The Morgan fingerprint density at radius 3 is 2.70 bits per heavy atom. The fraction of sp³-hybridized carbons (Fsp3) is 0.258. The van der Waals surface area contributed by atoms with Gasteiger partial charge < -0.3 is 24.7 Å². The Labute approximate surface area is 244 Å². The highest BCUT2D eigenvalue weighted by atomic mass is 19.1. The van der Waals surface area contributed by atoms with E-state index < -0.39 is 35.1 Å². The molecule has 0 aliphatic carbocycles. The van der Waals surface area contributed by atoms with E-state index in [9.17, 15) is 19.4 Å². The van der Waals surface area contributed by atoms with Crippen LogP contribution < -0.4 is 4.74 Å². The molecule has 43 heavy (non-hydrogen) atoms. The van der Waals surface area contributed by atoms with Gasteiger partial charge in [-0.1, -0.05) is 25.1 Å². The lowest BCUT2D eigenvalue weighted by molar-refractivity contribution is -0.140. The number of hydrogen-bond donors (Lipinski definition) is 3. The molecule has 2 aromatic heterocycles. The quantitative estimate of drug-likeness (QED) is 0.161. The van der Waals surface area contributed by atoms with Crippen molar-refractivity contribution in [3.05, 3.63) is 89.1 Å². The number of benzene rings is 3. The van der Waals surface area contributed by atoms with E-state index in [-0.39, 0.29) is 65.6 Å². The summed E-state index contributed by atoms with van der Waals surface area (Å²) in [6, 6.07) is 11.5. The number of H-pyrrole nitrogens is 1. The van der Waals surface area contributed by atoms with Gasteiger partial charge in [0.15, 0.2) is 29.0 Å². The predicted molar refractivity (Wildman–Crippen MR) is 151 cm³/mol. The van der Waals surface area contributed by atoms with Crippen molar-refractivity contribution in [1.82, 2.24) is 19.7 Å². The number of aromatic hydroxyl groups is 1. The highest BCUT2D eigenvalue weighted by Crippen LogP contribution is 2.38. The van der Waals surface area contributed by atoms with Crippen molar-refractivity contribution in [2.24, 2.45) is 0 Å². The van der Waals surface area contributed by atoms with Crippen LogP contribution in [-0.2, 0) is 22.5 Å². The summed E-state index contributed by atoms with van der Waals surface area (Å²) in [4.78, 5) is 18.9. The number of halogens is 3. The molecule has 5 aromatic rings. The maximum atomic E-state index is 15.5. The van der Waals surface area contributed by atoms with E-state index in [2.05, 4.69) is 19.8 Å². The van der Waals surface area contributed by atoms with Crippen LogP contribution in [-0.4, -0.2) is 49.6 Å². The zero-order valence-electron chi connectivity index (χ0n) is 23.4. The molecule has 0 bridgehead atoms. The van der Waals surface area contributed by atoms with Crippen LogP contribution in [0.15, 0.2) is 54.7 Å². The van der Waals surface area contributed by atoms with E-state index in [0.29, 0.717) is 17.5 Å². The second-order valence-electron chi connectivity index (χ2n) is 9.93. The number of ether oxygens (including phenoxy) is 2. The summed E-state index contributed by atoms with van der Waals surface area (Å²) in [5.41, 5.74) is 1.07. The van der Waals surface area contributed by atoms with Gasteiger partial charge in [0, 0.05) is 43.1 Å². The lowest BCUT2D eigenvalue weighted by atomic mass is 9.96. The van der Waals surface area contributed by atoms with E-state index in [1.54, 1.807) is 25.1 Å². The first-order valence-corrected chi connectivity index (χ1v) is 13.6. The van der Waals surface area contributed by atoms with Crippen LogP contribution in [0, 0.1) is 17.5 Å². The molecule has 0 saturated carbocycles. The average molecular weight is 595 g/mol. The molecule has 5 rings (SSSR count). The molecule has 0 aliphatic heterocycles. The van der Waals surface area contributed by atoms with Crippen molar-refractivity contribution < 1.29 is 37.7 Å². The number of phenols is 1. The highest BCUT2D eigenvalue weighted by Gasteiger charge is 2.24. The Hall–Kier alpha value is -4.84. The summed E-state index contributed by atoms with van der Waals surface area (Å²) in [5, 5.41) is 24.9. The van der Waals surface area contributed by atoms with Crippen LogP contribution in [0.3, 0.4) is 0 Å². The van der Waals surface area contributed by atoms with Crippen molar-refractivity contribution in [2.75, 3.05) is 13.7 Å². The van der Waals surface area contributed by atoms with Crippen molar-refractivity contribution in [3.8, 4) is 28.6 Å². The first-order valence-electron chi connectivity index (χ1n) is 13.6. The Morgan fingerprint density at radius 1 is 1.12 bits per heavy atom. The van der Waals surface area contributed by atoms with Crippen molar-refractivity contribution in [1.29, 1.82) is 0 Å². The SMILES string of the molecule is COC(=O)CCc1cccc(C(C)c2nc(-c3cc(Oc4c(F)cc5[nH]ccc5c4F)ccc3O)n(CCCO)n2)c1F. The number of fused-ring (bicyclic) bond motifs is 1. The minimum absolute atomic E-state index is 0.0218. The molecule has 0 saturated heterocycles. The first kappa shape index (κ1) is 29.6. The van der Waals surface area contributed by atoms with Gasteiger partial charge >= 0.3 is 5.97 Å². The number of nitrogens with zero attached hydrogens (tertiary/aromatic N) is 3. The van der Waals surface area contributed by atoms with Crippen molar-refractivity contribution in [2.45, 2.75) is 38.6 Å². The fourth-order valence-electron chi connectivity index (χ4n) is 4.81. The molecule has 1 unspecified atom stereocenters. The standard InChI is InChI=1S/C31H29F3N4O5/c1-17(20-6-3-5-18(27(20)33)7-10-26(41)42-2)30-36-31(38(37-30)13-4-14-39)22-15-19(8-9-25(22)40)43-29-23(32)16-24-21(28(29)34)11-12-35-24/h3,5-6,8-9,11-12,15-17,35,39-40H,4,7,10,13-14H2,1-2H3. The number of aliphatic hydroxyl groups excluding tert-OH is 1. The number of rotatable bonds is 11. The van der Waals surface area contributed by atoms with Gasteiger partial charge in [0.2, 0.25) is 0 Å². The van der Waals surface area contributed by atoms with Gasteiger partial charge in [0.1, 0.15) is 17.3 Å². The van der Waals surface area contributed by atoms with Crippen molar-refractivity contribution in [3.63, 3.8) is 0 Å². The van der Waals surface area contributed by atoms with Crippen molar-refractivity contribution >= 4 is 16.9 Å². The summed E-state index contributed by atoms with van der Waals surface area (Å²) >= 11 is 0. The molecule has 1 atom stereocenters. The third-order valence-corrected chi connectivity index (χ3v) is 7.14. The third-order valence-electron chi connectivity index (χ3n) is 7.14. The van der Waals surface area contributed by atoms with Crippen LogP contribution in [0.1, 0.15) is 42.6 Å². The second kappa shape index (κ2) is 12.6. The zero-order valence-corrected chi connectivity index (χ0v) is 23.4. The summed E-state index contributed by atoms with van der Waals surface area (Å²) in [6.45, 7) is 1.79. The number of aromatic nitrogens is 4. The molecule has 0 aliphatic rings. The van der Waals surface area contributed by atoms with E-state index in [4.69, 9.17) is 4.74 Å². The highest BCUT2D eigenvalue weighted by molar-refractivity contribution is 5.82. The molecule has 0 fully saturated rings. The molecule has 0 amide bonds. The van der Waals surface area contributed by atoms with Crippen LogP contribution in [0.5, 0.6) is 17.2 Å². The van der Waals surface area contributed by atoms with Crippen LogP contribution in [0.25, 0.3) is 22.3 Å². The molecular weight excluding hydrogens is 565 g/mol. The number of carbonyl (C=O) groups excluding carboxylic acids is 1. The smallest absolute Gasteiger partial charge is 0.305 e. The number of methoxy groups -OCH3 is 1. The molecular formula is C31H29F3N4O5. The molecule has 12 heteroatoms. The topological polar surface area (TPSA) is 122 Å². The van der Waals surface area contributed by atoms with E-state index in [1.165, 1.54) is 42.3 Å². The van der Waals surface area contributed by atoms with Crippen LogP contribution >= 0.6 is 0 Å². The number of aliphatic hydroxyl groups is 1. The maximum absolute atomic E-state index is 15.5. The Balaban J connectivity index is 1.50. The summed E-state index contributed by atoms with van der Waals surface area (Å²) in [5.74, 6) is -3.75. The van der Waals surface area contributed by atoms with E-state index >= 15 is 8.78 Å². The Bertz CT molecular complexity index is 1790. The second-order valence-corrected chi connectivity index (χ2v) is 9.93. The normalized spacial score (nSPS) is 12.0. The van der Waals surface area contributed by atoms with Gasteiger partial charge in [-0.2, -0.15) is 5.10 Å². The van der Waals surface area contributed by atoms with Gasteiger partial charge in [0.05, 0.1) is 18.2 Å². The number of hydrogen-bond acceptors (Lipinski definition) is 7. The molecule has 0 radical (unpaired) electrons. The molecule has 3 N–H and O–H groups in total. The van der Waals surface area contributed by atoms with Gasteiger partial charge in [-0.15, -0.1) is 0 Å². The molecule has 2 heterocycles. The zero-order chi connectivity index (χ0) is 30.7. The maximum Gasteiger partial charge on any atom is 0.305 e. The predicted octanol–water partition coefficient (Wildman–Crippen LogP) is 5.98. The number of aryl methyl sites for hydroxylation is 2. The largest absolute Gasteiger partial charge is 0.507 e. The van der Waals surface area contributed by atoms with E-state index in [1.807, 2.05) is 0 Å². The number of phenolic OH excluding ortho intramolecular Hbond substituents is 1. The number of esters is 1.